The van der Waals surface area contributed by atoms with Crippen molar-refractivity contribution in [1.29, 1.82) is 0 Å². The van der Waals surface area contributed by atoms with Gasteiger partial charge in [-0.3, -0.25) is 4.79 Å². The highest BCUT2D eigenvalue weighted by atomic mass is 35.5. The number of esters is 1. The summed E-state index contributed by atoms with van der Waals surface area (Å²) in [5, 5.41) is 9.78. The first kappa shape index (κ1) is 20.9. The molecule has 1 aromatic carbocycles. The second-order valence-corrected chi connectivity index (χ2v) is 4.88. The largest absolute Gasteiger partial charge is 0.465 e. The molecule has 0 unspecified atom stereocenters. The van der Waals surface area contributed by atoms with E-state index in [-0.39, 0.29) is 19.0 Å². The van der Waals surface area contributed by atoms with E-state index in [1.807, 2.05) is 30.3 Å². The third-order valence-electron chi connectivity index (χ3n) is 3.12. The first-order valence-electron chi connectivity index (χ1n) is 7.37. The van der Waals surface area contributed by atoms with Gasteiger partial charge in [0.05, 0.1) is 19.3 Å². The summed E-state index contributed by atoms with van der Waals surface area (Å²) in [6.45, 7) is 3.19. The number of hydrogen-bond acceptors (Lipinski definition) is 5. The Kier molecular flexibility index (Phi) is 11.8. The predicted molar refractivity (Wildman–Crippen MR) is 87.8 cm³/mol. The van der Waals surface area contributed by atoms with Crippen LogP contribution in [0.15, 0.2) is 30.3 Å². The summed E-state index contributed by atoms with van der Waals surface area (Å²) in [5.41, 5.74) is 6.75. The summed E-state index contributed by atoms with van der Waals surface area (Å²) in [6.07, 6.45) is 1.18. The quantitative estimate of drug-likeness (QED) is 0.506. The number of carbonyl (C=O) groups excluding carboxylic acids is 1. The summed E-state index contributed by atoms with van der Waals surface area (Å²) in [7, 11) is 0. The van der Waals surface area contributed by atoms with E-state index in [4.69, 9.17) is 15.2 Å². The average molecular weight is 332 g/mol. The molecule has 126 valence electrons. The van der Waals surface area contributed by atoms with Crippen molar-refractivity contribution in [3.05, 3.63) is 35.9 Å². The molecule has 5 nitrogen and oxygen atoms in total. The molecule has 22 heavy (non-hydrogen) atoms. The van der Waals surface area contributed by atoms with Gasteiger partial charge < -0.3 is 20.3 Å². The molecule has 0 fully saturated rings. The first-order chi connectivity index (χ1) is 10.1. The van der Waals surface area contributed by atoms with Crippen molar-refractivity contribution in [2.24, 2.45) is 5.73 Å². The summed E-state index contributed by atoms with van der Waals surface area (Å²) in [5.74, 6) is -0.551. The molecule has 0 saturated heterocycles. The highest BCUT2D eigenvalue weighted by Gasteiger charge is 2.23. The zero-order chi connectivity index (χ0) is 15.5. The number of unbranched alkanes of at least 4 members (excludes halogenated alkanes) is 1. The zero-order valence-electron chi connectivity index (χ0n) is 12.9. The minimum absolute atomic E-state index is 0. The molecule has 6 heteroatoms. The minimum atomic E-state index is -0.963. The highest BCUT2D eigenvalue weighted by Crippen LogP contribution is 2.07. The van der Waals surface area contributed by atoms with Gasteiger partial charge in [0.1, 0.15) is 6.04 Å². The lowest BCUT2D eigenvalue weighted by Gasteiger charge is -2.17. The number of halogens is 1. The van der Waals surface area contributed by atoms with E-state index in [2.05, 4.69) is 0 Å². The van der Waals surface area contributed by atoms with Crippen LogP contribution in [0.25, 0.3) is 0 Å². The van der Waals surface area contributed by atoms with E-state index in [1.54, 1.807) is 6.92 Å². The van der Waals surface area contributed by atoms with Crippen LogP contribution in [0.4, 0.5) is 0 Å². The van der Waals surface area contributed by atoms with Gasteiger partial charge in [-0.2, -0.15) is 0 Å². The smallest absolute Gasteiger partial charge is 0.325 e. The van der Waals surface area contributed by atoms with E-state index in [0.29, 0.717) is 19.6 Å². The summed E-state index contributed by atoms with van der Waals surface area (Å²) < 4.78 is 10.3. The zero-order valence-corrected chi connectivity index (χ0v) is 13.8. The van der Waals surface area contributed by atoms with Crippen molar-refractivity contribution in [3.63, 3.8) is 0 Å². The van der Waals surface area contributed by atoms with E-state index < -0.39 is 18.1 Å². The maximum atomic E-state index is 11.3. The van der Waals surface area contributed by atoms with Gasteiger partial charge >= 0.3 is 5.97 Å². The summed E-state index contributed by atoms with van der Waals surface area (Å²) in [6, 6.07) is 9.00. The number of ether oxygens (including phenoxy) is 2. The van der Waals surface area contributed by atoms with Crippen LogP contribution in [0.5, 0.6) is 0 Å². The molecule has 0 heterocycles. The Hall–Kier alpha value is -1.14. The van der Waals surface area contributed by atoms with Crippen molar-refractivity contribution in [2.45, 2.75) is 44.9 Å². The number of aliphatic hydroxyl groups is 1. The lowest BCUT2D eigenvalue weighted by atomic mass is 10.1. The molecule has 0 aliphatic carbocycles. The van der Waals surface area contributed by atoms with E-state index in [1.165, 1.54) is 0 Å². The molecular weight excluding hydrogens is 306 g/mol. The maximum absolute atomic E-state index is 11.3. The van der Waals surface area contributed by atoms with Crippen LogP contribution in [0, 0.1) is 0 Å². The first-order valence-corrected chi connectivity index (χ1v) is 7.37. The Morgan fingerprint density at radius 3 is 2.59 bits per heavy atom. The van der Waals surface area contributed by atoms with Crippen molar-refractivity contribution >= 4 is 18.4 Å². The second-order valence-electron chi connectivity index (χ2n) is 4.88. The van der Waals surface area contributed by atoms with Crippen LogP contribution in [0.2, 0.25) is 0 Å². The van der Waals surface area contributed by atoms with E-state index in [0.717, 1.165) is 18.4 Å². The molecule has 1 aromatic rings. The topological polar surface area (TPSA) is 81.8 Å². The molecule has 0 saturated carbocycles. The van der Waals surface area contributed by atoms with Crippen molar-refractivity contribution < 1.29 is 19.4 Å². The SMILES string of the molecule is CCOC(=O)[C@@H](N)[C@@H](O)CCCCOCc1ccccc1.Cl. The fourth-order valence-corrected chi connectivity index (χ4v) is 1.90. The lowest BCUT2D eigenvalue weighted by Crippen LogP contribution is -2.43. The number of nitrogens with two attached hydrogens (primary N) is 1. The number of hydrogen-bond donors (Lipinski definition) is 2. The Labute approximate surface area is 138 Å². The average Bonchev–Trinajstić information content (AvgIpc) is 2.51. The molecular formula is C16H26ClNO4. The predicted octanol–water partition coefficient (Wildman–Crippen LogP) is 2.05. The maximum Gasteiger partial charge on any atom is 0.325 e. The third kappa shape index (κ3) is 8.34. The van der Waals surface area contributed by atoms with Crippen LogP contribution < -0.4 is 5.73 Å². The number of rotatable bonds is 10. The van der Waals surface area contributed by atoms with Crippen LogP contribution >= 0.6 is 12.4 Å². The van der Waals surface area contributed by atoms with Crippen molar-refractivity contribution in [2.75, 3.05) is 13.2 Å². The van der Waals surface area contributed by atoms with Crippen molar-refractivity contribution in [3.8, 4) is 0 Å². The molecule has 2 atom stereocenters. The Morgan fingerprint density at radius 2 is 1.95 bits per heavy atom. The van der Waals surface area contributed by atoms with Gasteiger partial charge in [-0.15, -0.1) is 12.4 Å². The van der Waals surface area contributed by atoms with Gasteiger partial charge in [0.2, 0.25) is 0 Å². The number of aliphatic hydroxyl groups excluding tert-OH is 1. The van der Waals surface area contributed by atoms with Crippen LogP contribution in [0.1, 0.15) is 31.7 Å². The van der Waals surface area contributed by atoms with Gasteiger partial charge in [0.15, 0.2) is 0 Å². The Balaban J connectivity index is 0.00000441. The molecule has 0 aliphatic heterocycles. The molecule has 1 rings (SSSR count). The van der Waals surface area contributed by atoms with Crippen LogP contribution in [0.3, 0.4) is 0 Å². The number of carbonyl (C=O) groups is 1. The lowest BCUT2D eigenvalue weighted by molar-refractivity contribution is -0.147. The molecule has 0 spiro atoms. The molecule has 3 N–H and O–H groups in total. The standard InChI is InChI=1S/C16H25NO4.ClH/c1-2-21-16(19)15(17)14(18)10-6-7-11-20-12-13-8-4-3-5-9-13;/h3-5,8-9,14-15,18H,2,6-7,10-12,17H2,1H3;1H/t14-,15-;/m0./s1. The second kappa shape index (κ2) is 12.4. The highest BCUT2D eigenvalue weighted by molar-refractivity contribution is 5.85. The minimum Gasteiger partial charge on any atom is -0.465 e. The normalized spacial score (nSPS) is 13.0. The van der Waals surface area contributed by atoms with Gasteiger partial charge in [-0.1, -0.05) is 30.3 Å². The van der Waals surface area contributed by atoms with Gasteiger partial charge in [0, 0.05) is 6.61 Å². The Morgan fingerprint density at radius 1 is 1.27 bits per heavy atom. The van der Waals surface area contributed by atoms with Gasteiger partial charge in [-0.25, -0.2) is 0 Å². The fourth-order valence-electron chi connectivity index (χ4n) is 1.90. The molecule has 0 bridgehead atoms. The molecule has 0 aliphatic rings. The monoisotopic (exact) mass is 331 g/mol. The fraction of sp³-hybridized carbons (Fsp3) is 0.562. The summed E-state index contributed by atoms with van der Waals surface area (Å²) >= 11 is 0. The Bertz CT molecular complexity index is 402. The molecule has 0 radical (unpaired) electrons. The molecule has 0 aromatic heterocycles. The molecule has 0 amide bonds. The van der Waals surface area contributed by atoms with E-state index >= 15 is 0 Å². The van der Waals surface area contributed by atoms with Crippen LogP contribution in [-0.2, 0) is 20.9 Å². The van der Waals surface area contributed by atoms with E-state index in [9.17, 15) is 9.90 Å². The van der Waals surface area contributed by atoms with Gasteiger partial charge in [-0.05, 0) is 31.7 Å². The summed E-state index contributed by atoms with van der Waals surface area (Å²) in [4.78, 5) is 11.3. The van der Waals surface area contributed by atoms with Gasteiger partial charge in [0.25, 0.3) is 0 Å². The third-order valence-corrected chi connectivity index (χ3v) is 3.12. The number of benzene rings is 1. The van der Waals surface area contributed by atoms with Crippen molar-refractivity contribution in [1.82, 2.24) is 0 Å². The van der Waals surface area contributed by atoms with Crippen LogP contribution in [-0.4, -0.2) is 36.4 Å².